The minimum absolute atomic E-state index is 0.683. The van der Waals surface area contributed by atoms with Crippen molar-refractivity contribution in [2.75, 3.05) is 7.05 Å². The fraction of sp³-hybridized carbons (Fsp3) is 0.286. The van der Waals surface area contributed by atoms with E-state index in [4.69, 9.17) is 11.8 Å². The van der Waals surface area contributed by atoms with Crippen LogP contribution in [0.25, 0.3) is 0 Å². The molecule has 0 spiro atoms. The van der Waals surface area contributed by atoms with Gasteiger partial charge in [0.25, 0.3) is 0 Å². The zero-order chi connectivity index (χ0) is 7.40. The largest absolute Gasteiger partial charge is 0.260 e. The number of aromatic nitrogens is 1. The molecule has 0 aliphatic carbocycles. The maximum absolute atomic E-state index is 5.61. The summed E-state index contributed by atoms with van der Waals surface area (Å²) >= 11 is 5.61. The second-order valence-electron chi connectivity index (χ2n) is 2.08. The maximum Gasteiger partial charge on any atom is 0.0559 e. The second kappa shape index (κ2) is 3.54. The van der Waals surface area contributed by atoms with Crippen molar-refractivity contribution in [2.45, 2.75) is 6.54 Å². The third-order valence-electron chi connectivity index (χ3n) is 1.11. The number of rotatable bonds is 2. The molecule has 54 valence electrons. The Morgan fingerprint density at radius 2 is 2.40 bits per heavy atom. The lowest BCUT2D eigenvalue weighted by atomic mass is 10.3. The molecule has 2 nitrogen and oxygen atoms in total. The Balaban J connectivity index is 2.59. The Morgan fingerprint density at radius 3 is 2.90 bits per heavy atom. The number of pyridine rings is 1. The minimum Gasteiger partial charge on any atom is -0.260 e. The van der Waals surface area contributed by atoms with Crippen LogP contribution in [0.4, 0.5) is 0 Å². The summed E-state index contributed by atoms with van der Waals surface area (Å²) in [5.41, 5.74) is 0.986. The zero-order valence-corrected chi connectivity index (χ0v) is 6.54. The SMILES string of the molecule is CN(Cl)Cc1ccccn1. The van der Waals surface area contributed by atoms with Gasteiger partial charge in [-0.05, 0) is 23.9 Å². The molecule has 0 aromatic carbocycles. The Hall–Kier alpha value is -0.600. The van der Waals surface area contributed by atoms with E-state index in [1.807, 2.05) is 18.2 Å². The van der Waals surface area contributed by atoms with E-state index in [-0.39, 0.29) is 0 Å². The van der Waals surface area contributed by atoms with Crippen molar-refractivity contribution in [3.8, 4) is 0 Å². The number of hydrogen-bond acceptors (Lipinski definition) is 2. The van der Waals surface area contributed by atoms with E-state index in [1.165, 1.54) is 0 Å². The highest BCUT2D eigenvalue weighted by Gasteiger charge is 1.94. The van der Waals surface area contributed by atoms with Crippen LogP contribution < -0.4 is 0 Å². The third kappa shape index (κ3) is 2.33. The molecule has 0 saturated heterocycles. The topological polar surface area (TPSA) is 16.1 Å². The molecule has 0 aliphatic rings. The van der Waals surface area contributed by atoms with Crippen LogP contribution in [-0.2, 0) is 6.54 Å². The molecular formula is C7H9ClN2. The van der Waals surface area contributed by atoms with Crippen LogP contribution in [0.2, 0.25) is 0 Å². The lowest BCUT2D eigenvalue weighted by molar-refractivity contribution is 0.536. The zero-order valence-electron chi connectivity index (χ0n) is 5.79. The standard InChI is InChI=1S/C7H9ClN2/c1-10(8)6-7-4-2-3-5-9-7/h2-5H,6H2,1H3. The normalized spacial score (nSPS) is 10.3. The number of halogens is 1. The van der Waals surface area contributed by atoms with Gasteiger partial charge in [-0.25, -0.2) is 4.42 Å². The molecule has 0 unspecified atom stereocenters. The van der Waals surface area contributed by atoms with Crippen molar-refractivity contribution in [1.29, 1.82) is 0 Å². The van der Waals surface area contributed by atoms with Crippen molar-refractivity contribution in [1.82, 2.24) is 9.40 Å². The molecule has 0 radical (unpaired) electrons. The number of hydrogen-bond donors (Lipinski definition) is 0. The van der Waals surface area contributed by atoms with Gasteiger partial charge in [0.15, 0.2) is 0 Å². The van der Waals surface area contributed by atoms with E-state index >= 15 is 0 Å². The summed E-state index contributed by atoms with van der Waals surface area (Å²) in [4.78, 5) is 4.09. The summed E-state index contributed by atoms with van der Waals surface area (Å²) in [5, 5.41) is 0. The molecule has 1 aromatic rings. The summed E-state index contributed by atoms with van der Waals surface area (Å²) in [6, 6.07) is 5.78. The monoisotopic (exact) mass is 156 g/mol. The van der Waals surface area contributed by atoms with Gasteiger partial charge in [0.05, 0.1) is 12.2 Å². The third-order valence-corrected chi connectivity index (χ3v) is 1.23. The van der Waals surface area contributed by atoms with Gasteiger partial charge >= 0.3 is 0 Å². The molecule has 0 aliphatic heterocycles. The smallest absolute Gasteiger partial charge is 0.0559 e. The van der Waals surface area contributed by atoms with Crippen LogP contribution in [0.3, 0.4) is 0 Å². The molecule has 3 heteroatoms. The van der Waals surface area contributed by atoms with E-state index in [0.29, 0.717) is 6.54 Å². The lowest BCUT2D eigenvalue weighted by Crippen LogP contribution is -2.04. The van der Waals surface area contributed by atoms with Gasteiger partial charge in [0.2, 0.25) is 0 Å². The van der Waals surface area contributed by atoms with Crippen LogP contribution in [0.1, 0.15) is 5.69 Å². The molecule has 10 heavy (non-hydrogen) atoms. The molecule has 0 bridgehead atoms. The quantitative estimate of drug-likeness (QED) is 0.606. The van der Waals surface area contributed by atoms with E-state index in [1.54, 1.807) is 17.7 Å². The predicted octanol–water partition coefficient (Wildman–Crippen LogP) is 1.67. The van der Waals surface area contributed by atoms with Gasteiger partial charge in [-0.1, -0.05) is 6.07 Å². The van der Waals surface area contributed by atoms with Gasteiger partial charge in [-0.15, -0.1) is 0 Å². The maximum atomic E-state index is 5.61. The van der Waals surface area contributed by atoms with Gasteiger partial charge in [0, 0.05) is 13.2 Å². The average molecular weight is 157 g/mol. The average Bonchev–Trinajstić information content (AvgIpc) is 1.88. The van der Waals surface area contributed by atoms with E-state index in [9.17, 15) is 0 Å². The molecule has 0 atom stereocenters. The Kier molecular flexibility index (Phi) is 2.66. The molecule has 1 heterocycles. The van der Waals surface area contributed by atoms with Crippen LogP contribution >= 0.6 is 11.8 Å². The molecule has 0 saturated carbocycles. The van der Waals surface area contributed by atoms with Crippen LogP contribution in [0.5, 0.6) is 0 Å². The first-order chi connectivity index (χ1) is 4.79. The first-order valence-electron chi connectivity index (χ1n) is 3.06. The minimum atomic E-state index is 0.683. The summed E-state index contributed by atoms with van der Waals surface area (Å²) in [6.07, 6.45) is 1.76. The summed E-state index contributed by atoms with van der Waals surface area (Å²) in [7, 11) is 1.80. The first-order valence-corrected chi connectivity index (χ1v) is 3.39. The fourth-order valence-corrected chi connectivity index (χ4v) is 0.837. The molecule has 0 fully saturated rings. The Bertz CT molecular complexity index is 186. The molecule has 1 rings (SSSR count). The van der Waals surface area contributed by atoms with E-state index in [2.05, 4.69) is 4.98 Å². The van der Waals surface area contributed by atoms with Crippen molar-refractivity contribution in [3.05, 3.63) is 30.1 Å². The molecule has 0 amide bonds. The van der Waals surface area contributed by atoms with Crippen LogP contribution in [-0.4, -0.2) is 16.5 Å². The van der Waals surface area contributed by atoms with Crippen molar-refractivity contribution in [2.24, 2.45) is 0 Å². The van der Waals surface area contributed by atoms with Crippen molar-refractivity contribution in [3.63, 3.8) is 0 Å². The van der Waals surface area contributed by atoms with Crippen LogP contribution in [0.15, 0.2) is 24.4 Å². The van der Waals surface area contributed by atoms with Crippen LogP contribution in [0, 0.1) is 0 Å². The first kappa shape index (κ1) is 7.51. The summed E-state index contributed by atoms with van der Waals surface area (Å²) in [6.45, 7) is 0.683. The fourth-order valence-electron chi connectivity index (χ4n) is 0.715. The second-order valence-corrected chi connectivity index (χ2v) is 2.66. The highest BCUT2D eigenvalue weighted by atomic mass is 35.5. The predicted molar refractivity (Wildman–Crippen MR) is 41.6 cm³/mol. The number of nitrogens with zero attached hydrogens (tertiary/aromatic N) is 2. The molecular weight excluding hydrogens is 148 g/mol. The van der Waals surface area contributed by atoms with Crippen molar-refractivity contribution < 1.29 is 0 Å². The Labute approximate surface area is 65.6 Å². The molecule has 1 aromatic heterocycles. The summed E-state index contributed by atoms with van der Waals surface area (Å²) < 4.78 is 1.57. The van der Waals surface area contributed by atoms with Gasteiger partial charge < -0.3 is 0 Å². The van der Waals surface area contributed by atoms with E-state index in [0.717, 1.165) is 5.69 Å². The highest BCUT2D eigenvalue weighted by molar-refractivity contribution is 6.13. The van der Waals surface area contributed by atoms with Crippen molar-refractivity contribution >= 4 is 11.8 Å². The van der Waals surface area contributed by atoms with Gasteiger partial charge in [-0.3, -0.25) is 4.98 Å². The summed E-state index contributed by atoms with van der Waals surface area (Å²) in [5.74, 6) is 0. The van der Waals surface area contributed by atoms with E-state index < -0.39 is 0 Å². The van der Waals surface area contributed by atoms with Gasteiger partial charge in [0.1, 0.15) is 0 Å². The van der Waals surface area contributed by atoms with Gasteiger partial charge in [-0.2, -0.15) is 0 Å². The highest BCUT2D eigenvalue weighted by Crippen LogP contribution is 1.99. The molecule has 0 N–H and O–H groups in total. The Morgan fingerprint density at radius 1 is 1.60 bits per heavy atom. The lowest BCUT2D eigenvalue weighted by Gasteiger charge is -2.03.